The number of hydrogen-bond donors (Lipinski definition) is 1. The van der Waals surface area contributed by atoms with Gasteiger partial charge in [-0.1, -0.05) is 6.92 Å². The number of carbonyl (C=O) groups excluding carboxylic acids is 3. The van der Waals surface area contributed by atoms with Gasteiger partial charge in [0.05, 0.1) is 24.8 Å². The summed E-state index contributed by atoms with van der Waals surface area (Å²) in [4.78, 5) is 42.3. The number of amides is 3. The number of carbonyl (C=O) groups is 3. The lowest BCUT2D eigenvalue weighted by molar-refractivity contribution is -0.139. The minimum atomic E-state index is -0.314. The molecule has 10 nitrogen and oxygen atoms in total. The minimum absolute atomic E-state index is 0.0482. The van der Waals surface area contributed by atoms with Gasteiger partial charge in [-0.3, -0.25) is 14.4 Å². The number of ether oxygens (including phenoxy) is 4. The fraction of sp³-hybridized carbons (Fsp3) is 0.464. The summed E-state index contributed by atoms with van der Waals surface area (Å²) in [5, 5.41) is 2.85. The molecule has 1 aliphatic heterocycles. The summed E-state index contributed by atoms with van der Waals surface area (Å²) in [6.07, 6.45) is -0.291. The van der Waals surface area contributed by atoms with Gasteiger partial charge in [0.1, 0.15) is 24.7 Å². The van der Waals surface area contributed by atoms with Crippen LogP contribution in [0.15, 0.2) is 42.5 Å². The minimum Gasteiger partial charge on any atom is -0.497 e. The molecule has 0 radical (unpaired) electrons. The van der Waals surface area contributed by atoms with Crippen molar-refractivity contribution in [2.24, 2.45) is 5.92 Å². The first-order valence-electron chi connectivity index (χ1n) is 12.5. The molecule has 0 aromatic heterocycles. The van der Waals surface area contributed by atoms with Crippen LogP contribution in [0.25, 0.3) is 0 Å². The fourth-order valence-electron chi connectivity index (χ4n) is 4.35. The van der Waals surface area contributed by atoms with Crippen molar-refractivity contribution >= 4 is 23.4 Å². The van der Waals surface area contributed by atoms with Crippen LogP contribution in [0, 0.1) is 5.92 Å². The monoisotopic (exact) mass is 527 g/mol. The molecule has 2 aromatic carbocycles. The molecule has 0 spiro atoms. The topological polar surface area (TPSA) is 107 Å². The Hall–Kier alpha value is -3.63. The van der Waals surface area contributed by atoms with E-state index in [2.05, 4.69) is 5.32 Å². The van der Waals surface area contributed by atoms with Crippen LogP contribution in [0.5, 0.6) is 11.5 Å². The normalized spacial score (nSPS) is 20.5. The van der Waals surface area contributed by atoms with Gasteiger partial charge < -0.3 is 34.1 Å². The Labute approximate surface area is 223 Å². The van der Waals surface area contributed by atoms with Gasteiger partial charge in [-0.05, 0) is 43.3 Å². The molecule has 0 aliphatic carbocycles. The first-order chi connectivity index (χ1) is 18.2. The first-order valence-corrected chi connectivity index (χ1v) is 12.5. The zero-order valence-electron chi connectivity index (χ0n) is 22.9. The van der Waals surface area contributed by atoms with Crippen molar-refractivity contribution in [1.82, 2.24) is 9.80 Å². The zero-order chi connectivity index (χ0) is 27.8. The van der Waals surface area contributed by atoms with Crippen LogP contribution in [0.2, 0.25) is 0 Å². The number of fused-ring (bicyclic) bond motifs is 1. The van der Waals surface area contributed by atoms with Crippen LogP contribution in [0.4, 0.5) is 5.69 Å². The lowest BCUT2D eigenvalue weighted by Gasteiger charge is -2.36. The molecule has 0 saturated heterocycles. The van der Waals surface area contributed by atoms with Crippen LogP contribution in [0.1, 0.15) is 34.6 Å². The molecule has 10 heteroatoms. The largest absolute Gasteiger partial charge is 0.497 e. The third-order valence-corrected chi connectivity index (χ3v) is 6.64. The molecule has 206 valence electrons. The Morgan fingerprint density at radius 3 is 2.39 bits per heavy atom. The predicted molar refractivity (Wildman–Crippen MR) is 143 cm³/mol. The van der Waals surface area contributed by atoms with Gasteiger partial charge in [0.25, 0.3) is 11.8 Å². The lowest BCUT2D eigenvalue weighted by Crippen LogP contribution is -2.49. The van der Waals surface area contributed by atoms with E-state index >= 15 is 0 Å². The summed E-state index contributed by atoms with van der Waals surface area (Å²) in [6.45, 7) is 4.71. The highest BCUT2D eigenvalue weighted by atomic mass is 16.5. The average molecular weight is 528 g/mol. The van der Waals surface area contributed by atoms with Crippen molar-refractivity contribution in [3.63, 3.8) is 0 Å². The van der Waals surface area contributed by atoms with E-state index in [0.717, 1.165) is 0 Å². The van der Waals surface area contributed by atoms with Crippen LogP contribution in [0.3, 0.4) is 0 Å². The molecule has 1 aliphatic rings. The van der Waals surface area contributed by atoms with Gasteiger partial charge in [-0.2, -0.15) is 0 Å². The summed E-state index contributed by atoms with van der Waals surface area (Å²) in [5.41, 5.74) is 1.27. The Balaban J connectivity index is 1.92. The smallest absolute Gasteiger partial charge is 0.257 e. The molecule has 3 rings (SSSR count). The highest BCUT2D eigenvalue weighted by Crippen LogP contribution is 2.27. The van der Waals surface area contributed by atoms with E-state index in [1.54, 1.807) is 73.5 Å². The summed E-state index contributed by atoms with van der Waals surface area (Å²) in [6, 6.07) is 11.3. The summed E-state index contributed by atoms with van der Waals surface area (Å²) < 4.78 is 22.1. The molecule has 1 heterocycles. The van der Waals surface area contributed by atoms with Crippen LogP contribution >= 0.6 is 0 Å². The van der Waals surface area contributed by atoms with Crippen molar-refractivity contribution in [3.8, 4) is 11.5 Å². The zero-order valence-corrected chi connectivity index (χ0v) is 22.9. The maximum absolute atomic E-state index is 13.4. The number of methoxy groups -OCH3 is 3. The van der Waals surface area contributed by atoms with Crippen molar-refractivity contribution in [3.05, 3.63) is 53.6 Å². The molecule has 1 N–H and O–H groups in total. The van der Waals surface area contributed by atoms with E-state index in [-0.39, 0.29) is 49.0 Å². The highest BCUT2D eigenvalue weighted by molar-refractivity contribution is 6.05. The van der Waals surface area contributed by atoms with Crippen molar-refractivity contribution in [2.75, 3.05) is 60.0 Å². The van der Waals surface area contributed by atoms with Crippen LogP contribution < -0.4 is 14.8 Å². The molecule has 3 amide bonds. The number of anilines is 1. The van der Waals surface area contributed by atoms with Crippen molar-refractivity contribution in [1.29, 1.82) is 0 Å². The maximum atomic E-state index is 13.4. The molecule has 38 heavy (non-hydrogen) atoms. The van der Waals surface area contributed by atoms with E-state index in [9.17, 15) is 14.4 Å². The lowest BCUT2D eigenvalue weighted by atomic mass is 10.0. The summed E-state index contributed by atoms with van der Waals surface area (Å²) in [5.74, 6) is 0.201. The standard InChI is InChI=1S/C28H37N3O7/c1-18-14-31(26(32)17-35-4)19(2)16-38-24-13-21(29-27(33)20-7-10-22(36-5)11-8-20)9-12-23(24)28(34)30(3)15-25(18)37-6/h7-13,18-19,25H,14-17H2,1-6H3,(H,29,33)/t18-,19-,25-/m1/s1. The Bertz CT molecular complexity index is 1120. The molecule has 0 bridgehead atoms. The van der Waals surface area contributed by atoms with E-state index in [1.807, 2.05) is 13.8 Å². The Morgan fingerprint density at radius 2 is 1.76 bits per heavy atom. The molecular formula is C28H37N3O7. The summed E-state index contributed by atoms with van der Waals surface area (Å²) >= 11 is 0. The van der Waals surface area contributed by atoms with E-state index in [0.29, 0.717) is 41.4 Å². The highest BCUT2D eigenvalue weighted by Gasteiger charge is 2.30. The Kier molecular flexibility index (Phi) is 10.1. The quantitative estimate of drug-likeness (QED) is 0.616. The number of nitrogens with zero attached hydrogens (tertiary/aromatic N) is 2. The molecule has 2 aromatic rings. The number of nitrogens with one attached hydrogen (secondary N) is 1. The molecule has 3 atom stereocenters. The molecule has 0 saturated carbocycles. The second-order valence-electron chi connectivity index (χ2n) is 9.47. The van der Waals surface area contributed by atoms with Gasteiger partial charge >= 0.3 is 0 Å². The molecular weight excluding hydrogens is 490 g/mol. The van der Waals surface area contributed by atoms with E-state index in [1.165, 1.54) is 7.11 Å². The second-order valence-corrected chi connectivity index (χ2v) is 9.47. The SMILES string of the molecule is COCC(=O)N1C[C@@H](C)[C@H](OC)CN(C)C(=O)c2ccc(NC(=O)c3ccc(OC)cc3)cc2OC[C@H]1C. The number of benzene rings is 2. The maximum Gasteiger partial charge on any atom is 0.257 e. The van der Waals surface area contributed by atoms with E-state index < -0.39 is 0 Å². The van der Waals surface area contributed by atoms with Crippen LogP contribution in [-0.4, -0.2) is 94.3 Å². The number of rotatable bonds is 6. The van der Waals surface area contributed by atoms with Crippen molar-refractivity contribution < 1.29 is 33.3 Å². The van der Waals surface area contributed by atoms with Gasteiger partial charge in [0.2, 0.25) is 5.91 Å². The summed E-state index contributed by atoms with van der Waals surface area (Å²) in [7, 11) is 6.34. The molecule has 0 unspecified atom stereocenters. The fourth-order valence-corrected chi connectivity index (χ4v) is 4.35. The van der Waals surface area contributed by atoms with Gasteiger partial charge in [0, 0.05) is 57.6 Å². The van der Waals surface area contributed by atoms with E-state index in [4.69, 9.17) is 18.9 Å². The number of likely N-dealkylation sites (N-methyl/N-ethyl adjacent to an activating group) is 1. The van der Waals surface area contributed by atoms with Gasteiger partial charge in [-0.25, -0.2) is 0 Å². The first kappa shape index (κ1) is 28.9. The van der Waals surface area contributed by atoms with Gasteiger partial charge in [-0.15, -0.1) is 0 Å². The predicted octanol–water partition coefficient (Wildman–Crippen LogP) is 2.93. The average Bonchev–Trinajstić information content (AvgIpc) is 2.92. The Morgan fingerprint density at radius 1 is 1.05 bits per heavy atom. The third kappa shape index (κ3) is 7.02. The van der Waals surface area contributed by atoms with Crippen molar-refractivity contribution in [2.45, 2.75) is 26.0 Å². The van der Waals surface area contributed by atoms with Gasteiger partial charge in [0.15, 0.2) is 0 Å². The molecule has 0 fully saturated rings. The third-order valence-electron chi connectivity index (χ3n) is 6.64. The van der Waals surface area contributed by atoms with Crippen LogP contribution in [-0.2, 0) is 14.3 Å². The second kappa shape index (κ2) is 13.3. The number of hydrogen-bond acceptors (Lipinski definition) is 7.